The molecule has 1 heterocycles. The van der Waals surface area contributed by atoms with Crippen LogP contribution in [0.25, 0.3) is 0 Å². The van der Waals surface area contributed by atoms with Gasteiger partial charge in [0.2, 0.25) is 0 Å². The van der Waals surface area contributed by atoms with Crippen molar-refractivity contribution in [3.05, 3.63) is 29.3 Å². The highest BCUT2D eigenvalue weighted by atomic mass is 16.3. The zero-order chi connectivity index (χ0) is 12.4. The molecule has 0 aromatic heterocycles. The van der Waals surface area contributed by atoms with E-state index in [1.54, 1.807) is 30.0 Å². The summed E-state index contributed by atoms with van der Waals surface area (Å²) in [6.07, 6.45) is 0.868. The fourth-order valence-corrected chi connectivity index (χ4v) is 1.98. The Kier molecular flexibility index (Phi) is 3.13. The molecule has 90 valence electrons. The summed E-state index contributed by atoms with van der Waals surface area (Å²) in [6, 6.07) is 4.92. The molecule has 0 atom stereocenters. The molecular weight excluding hydrogens is 218 g/mol. The fraction of sp³-hybridized carbons (Fsp3) is 0.385. The summed E-state index contributed by atoms with van der Waals surface area (Å²) in [5.41, 5.74) is 1.11. The number of piperidine rings is 1. The quantitative estimate of drug-likeness (QED) is 0.799. The minimum absolute atomic E-state index is 0.106. The first-order chi connectivity index (χ1) is 8.09. The van der Waals surface area contributed by atoms with Crippen molar-refractivity contribution in [2.24, 2.45) is 0 Å². The predicted molar refractivity (Wildman–Crippen MR) is 63.0 cm³/mol. The molecule has 0 unspecified atom stereocenters. The molecule has 4 nitrogen and oxygen atoms in total. The van der Waals surface area contributed by atoms with Crippen molar-refractivity contribution in [1.29, 1.82) is 0 Å². The first-order valence-corrected chi connectivity index (χ1v) is 5.69. The molecule has 1 aliphatic rings. The van der Waals surface area contributed by atoms with Crippen LogP contribution in [0.2, 0.25) is 0 Å². The largest absolute Gasteiger partial charge is 0.508 e. The van der Waals surface area contributed by atoms with E-state index in [1.807, 2.05) is 0 Å². The molecule has 1 fully saturated rings. The minimum Gasteiger partial charge on any atom is -0.508 e. The Morgan fingerprint density at radius 1 is 1.29 bits per heavy atom. The number of nitrogens with zero attached hydrogens (tertiary/aromatic N) is 1. The normalized spacial score (nSPS) is 16.1. The van der Waals surface area contributed by atoms with Crippen LogP contribution in [0.15, 0.2) is 18.2 Å². The molecule has 1 amide bonds. The third-order valence-electron chi connectivity index (χ3n) is 3.14. The van der Waals surface area contributed by atoms with Crippen LogP contribution < -0.4 is 0 Å². The van der Waals surface area contributed by atoms with E-state index in [1.165, 1.54) is 0 Å². The first kappa shape index (κ1) is 11.6. The number of hydrogen-bond acceptors (Lipinski definition) is 3. The highest BCUT2D eigenvalue weighted by molar-refractivity contribution is 5.97. The second-order valence-corrected chi connectivity index (χ2v) is 4.28. The van der Waals surface area contributed by atoms with Gasteiger partial charge in [-0.15, -0.1) is 0 Å². The zero-order valence-electron chi connectivity index (χ0n) is 9.77. The molecule has 1 aromatic rings. The maximum absolute atomic E-state index is 12.2. The molecule has 4 heteroatoms. The van der Waals surface area contributed by atoms with E-state index in [-0.39, 0.29) is 17.4 Å². The van der Waals surface area contributed by atoms with Crippen LogP contribution in [0.4, 0.5) is 0 Å². The molecule has 0 saturated carbocycles. The van der Waals surface area contributed by atoms with Gasteiger partial charge in [0.1, 0.15) is 11.5 Å². The third-order valence-corrected chi connectivity index (χ3v) is 3.14. The van der Waals surface area contributed by atoms with Crippen molar-refractivity contribution in [3.63, 3.8) is 0 Å². The van der Waals surface area contributed by atoms with Crippen molar-refractivity contribution in [3.8, 4) is 5.75 Å². The number of phenolic OH excluding ortho intramolecular Hbond substituents is 1. The van der Waals surface area contributed by atoms with Crippen LogP contribution in [0.1, 0.15) is 28.8 Å². The number of Topliss-reactive ketones (excluding diaryl/α,β-unsaturated/α-hetero) is 1. The highest BCUT2D eigenvalue weighted by Gasteiger charge is 2.23. The second kappa shape index (κ2) is 4.57. The van der Waals surface area contributed by atoms with Gasteiger partial charge in [-0.1, -0.05) is 6.07 Å². The van der Waals surface area contributed by atoms with E-state index in [2.05, 4.69) is 0 Å². The topological polar surface area (TPSA) is 57.6 Å². The number of likely N-dealkylation sites (tertiary alicyclic amines) is 1. The Balaban J connectivity index is 2.20. The lowest BCUT2D eigenvalue weighted by molar-refractivity contribution is -0.120. The Hall–Kier alpha value is -1.84. The van der Waals surface area contributed by atoms with Gasteiger partial charge in [0.25, 0.3) is 5.91 Å². The molecule has 1 aliphatic heterocycles. The van der Waals surface area contributed by atoms with Gasteiger partial charge in [-0.05, 0) is 19.1 Å². The van der Waals surface area contributed by atoms with Crippen LogP contribution >= 0.6 is 0 Å². The van der Waals surface area contributed by atoms with Crippen LogP contribution in [-0.2, 0) is 4.79 Å². The third kappa shape index (κ3) is 2.30. The summed E-state index contributed by atoms with van der Waals surface area (Å²) in [5.74, 6) is 0.233. The average molecular weight is 233 g/mol. The van der Waals surface area contributed by atoms with Gasteiger partial charge in [0.15, 0.2) is 0 Å². The molecule has 0 spiro atoms. The van der Waals surface area contributed by atoms with Crippen molar-refractivity contribution in [2.45, 2.75) is 19.8 Å². The Morgan fingerprint density at radius 2 is 1.94 bits per heavy atom. The molecule has 17 heavy (non-hydrogen) atoms. The molecule has 0 radical (unpaired) electrons. The lowest BCUT2D eigenvalue weighted by atomic mass is 10.0. The number of aromatic hydroxyl groups is 1. The monoisotopic (exact) mass is 233 g/mol. The van der Waals surface area contributed by atoms with Crippen LogP contribution in [0.3, 0.4) is 0 Å². The summed E-state index contributed by atoms with van der Waals surface area (Å²) in [5, 5.41) is 9.56. The van der Waals surface area contributed by atoms with Crippen LogP contribution in [-0.4, -0.2) is 34.8 Å². The average Bonchev–Trinajstić information content (AvgIpc) is 2.33. The minimum atomic E-state index is -0.106. The van der Waals surface area contributed by atoms with E-state index in [9.17, 15) is 14.7 Å². The lowest BCUT2D eigenvalue weighted by Gasteiger charge is -2.26. The van der Waals surface area contributed by atoms with Crippen LogP contribution in [0.5, 0.6) is 5.75 Å². The van der Waals surface area contributed by atoms with Gasteiger partial charge in [-0.25, -0.2) is 0 Å². The lowest BCUT2D eigenvalue weighted by Crippen LogP contribution is -2.38. The molecule has 1 saturated heterocycles. The van der Waals surface area contributed by atoms with Gasteiger partial charge in [0.05, 0.1) is 0 Å². The number of rotatable bonds is 1. The van der Waals surface area contributed by atoms with E-state index < -0.39 is 0 Å². The van der Waals surface area contributed by atoms with Gasteiger partial charge < -0.3 is 10.0 Å². The smallest absolute Gasteiger partial charge is 0.254 e. The molecule has 0 aliphatic carbocycles. The van der Waals surface area contributed by atoms with E-state index >= 15 is 0 Å². The predicted octanol–water partition coefficient (Wildman–Crippen LogP) is 1.51. The summed E-state index contributed by atoms with van der Waals surface area (Å²) < 4.78 is 0. The first-order valence-electron chi connectivity index (χ1n) is 5.69. The van der Waals surface area contributed by atoms with Crippen molar-refractivity contribution in [2.75, 3.05) is 13.1 Å². The SMILES string of the molecule is Cc1c(O)cccc1C(=O)N1CCC(=O)CC1. The summed E-state index contributed by atoms with van der Waals surface area (Å²) in [6.45, 7) is 2.68. The molecule has 1 N–H and O–H groups in total. The molecule has 2 rings (SSSR count). The number of hydrogen-bond donors (Lipinski definition) is 1. The van der Waals surface area contributed by atoms with E-state index in [4.69, 9.17) is 0 Å². The number of carbonyl (C=O) groups is 2. The highest BCUT2D eigenvalue weighted by Crippen LogP contribution is 2.21. The summed E-state index contributed by atoms with van der Waals surface area (Å²) in [4.78, 5) is 25.0. The Labute approximate surface area is 99.9 Å². The summed E-state index contributed by atoms with van der Waals surface area (Å²) >= 11 is 0. The zero-order valence-corrected chi connectivity index (χ0v) is 9.77. The maximum atomic E-state index is 12.2. The van der Waals surface area contributed by atoms with E-state index in [0.717, 1.165) is 0 Å². The van der Waals surface area contributed by atoms with Gasteiger partial charge in [-0.2, -0.15) is 0 Å². The maximum Gasteiger partial charge on any atom is 0.254 e. The fourth-order valence-electron chi connectivity index (χ4n) is 1.98. The number of amides is 1. The van der Waals surface area contributed by atoms with Crippen molar-refractivity contribution >= 4 is 11.7 Å². The Morgan fingerprint density at radius 3 is 2.59 bits per heavy atom. The summed E-state index contributed by atoms with van der Waals surface area (Å²) in [7, 11) is 0. The van der Waals surface area contributed by atoms with Crippen LogP contribution in [0, 0.1) is 6.92 Å². The van der Waals surface area contributed by atoms with Gasteiger partial charge in [-0.3, -0.25) is 9.59 Å². The molecular formula is C13H15NO3. The van der Waals surface area contributed by atoms with E-state index in [0.29, 0.717) is 37.1 Å². The number of phenols is 1. The second-order valence-electron chi connectivity index (χ2n) is 4.28. The van der Waals surface area contributed by atoms with Crippen molar-refractivity contribution in [1.82, 2.24) is 4.90 Å². The Bertz CT molecular complexity index is 458. The standard InChI is InChI=1S/C13H15NO3/c1-9-11(3-2-4-12(9)16)13(17)14-7-5-10(15)6-8-14/h2-4,16H,5-8H2,1H3. The van der Waals surface area contributed by atoms with Gasteiger partial charge in [0, 0.05) is 37.1 Å². The molecule has 0 bridgehead atoms. The number of carbonyl (C=O) groups excluding carboxylic acids is 2. The van der Waals surface area contributed by atoms with Crippen molar-refractivity contribution < 1.29 is 14.7 Å². The number of ketones is 1. The number of benzene rings is 1. The van der Waals surface area contributed by atoms with Gasteiger partial charge >= 0.3 is 0 Å². The molecule has 1 aromatic carbocycles.